The Kier molecular flexibility index (Phi) is 4.24. The van der Waals surface area contributed by atoms with Crippen LogP contribution in [0, 0.1) is 11.3 Å². The van der Waals surface area contributed by atoms with E-state index in [1.807, 2.05) is 0 Å². The number of hydrogen-bond donors (Lipinski definition) is 0. The second-order valence-corrected chi connectivity index (χ2v) is 4.20. The quantitative estimate of drug-likeness (QED) is 0.471. The summed E-state index contributed by atoms with van der Waals surface area (Å²) in [6.07, 6.45) is 5.91. The molecule has 0 aromatic carbocycles. The van der Waals surface area contributed by atoms with Gasteiger partial charge in [-0.05, 0) is 6.42 Å². The summed E-state index contributed by atoms with van der Waals surface area (Å²) in [5.74, 6) is 0. The molecule has 0 bridgehead atoms. The second-order valence-electron chi connectivity index (χ2n) is 4.20. The SMILES string of the molecule is CCC[N+]1(CCCC#N)CCCC1. The number of nitriles is 1. The van der Waals surface area contributed by atoms with Crippen LogP contribution in [0.1, 0.15) is 39.0 Å². The van der Waals surface area contributed by atoms with Gasteiger partial charge in [-0.1, -0.05) is 6.92 Å². The van der Waals surface area contributed by atoms with E-state index in [1.54, 1.807) is 0 Å². The molecule has 0 spiro atoms. The molecule has 0 radical (unpaired) electrons. The van der Waals surface area contributed by atoms with Crippen LogP contribution >= 0.6 is 0 Å². The number of hydrogen-bond acceptors (Lipinski definition) is 1. The molecule has 0 atom stereocenters. The number of rotatable bonds is 5. The Hall–Kier alpha value is -0.550. The summed E-state index contributed by atoms with van der Waals surface area (Å²) in [4.78, 5) is 0. The van der Waals surface area contributed by atoms with Gasteiger partial charge in [-0.2, -0.15) is 5.26 Å². The van der Waals surface area contributed by atoms with Crippen LogP contribution in [0.15, 0.2) is 0 Å². The summed E-state index contributed by atoms with van der Waals surface area (Å²) in [5, 5.41) is 8.50. The largest absolute Gasteiger partial charge is 0.324 e. The topological polar surface area (TPSA) is 23.8 Å². The molecule has 0 aromatic rings. The first-order chi connectivity index (χ1) is 6.33. The van der Waals surface area contributed by atoms with E-state index in [0.29, 0.717) is 0 Å². The highest BCUT2D eigenvalue weighted by Crippen LogP contribution is 2.20. The van der Waals surface area contributed by atoms with Gasteiger partial charge in [0.25, 0.3) is 0 Å². The Bertz CT molecular complexity index is 175. The molecule has 74 valence electrons. The van der Waals surface area contributed by atoms with E-state index in [1.165, 1.54) is 49.9 Å². The zero-order chi connectivity index (χ0) is 9.57. The highest BCUT2D eigenvalue weighted by molar-refractivity contribution is 4.68. The van der Waals surface area contributed by atoms with E-state index in [4.69, 9.17) is 5.26 Å². The minimum atomic E-state index is 0.740. The third kappa shape index (κ3) is 3.00. The van der Waals surface area contributed by atoms with Gasteiger partial charge < -0.3 is 4.48 Å². The maximum atomic E-state index is 8.50. The molecule has 1 aliphatic rings. The van der Waals surface area contributed by atoms with Crippen LogP contribution < -0.4 is 0 Å². The first-order valence-electron chi connectivity index (χ1n) is 5.55. The maximum absolute atomic E-state index is 8.50. The Morgan fingerprint density at radius 1 is 1.23 bits per heavy atom. The van der Waals surface area contributed by atoms with Crippen molar-refractivity contribution in [1.82, 2.24) is 0 Å². The predicted octanol–water partition coefficient (Wildman–Crippen LogP) is 2.31. The zero-order valence-corrected chi connectivity index (χ0v) is 8.76. The molecule has 1 rings (SSSR count). The zero-order valence-electron chi connectivity index (χ0n) is 8.76. The van der Waals surface area contributed by atoms with Crippen molar-refractivity contribution in [3.63, 3.8) is 0 Å². The van der Waals surface area contributed by atoms with Crippen molar-refractivity contribution in [2.75, 3.05) is 26.2 Å². The molecule has 1 heterocycles. The van der Waals surface area contributed by atoms with Crippen molar-refractivity contribution in [1.29, 1.82) is 5.26 Å². The fourth-order valence-corrected chi connectivity index (χ4v) is 2.53. The van der Waals surface area contributed by atoms with Gasteiger partial charge in [0.2, 0.25) is 0 Å². The van der Waals surface area contributed by atoms with Gasteiger partial charge >= 0.3 is 0 Å². The van der Waals surface area contributed by atoms with Gasteiger partial charge in [0.1, 0.15) is 0 Å². The average Bonchev–Trinajstić information content (AvgIpc) is 2.55. The predicted molar refractivity (Wildman–Crippen MR) is 54.1 cm³/mol. The lowest BCUT2D eigenvalue weighted by Gasteiger charge is -2.33. The molecule has 1 fully saturated rings. The number of quaternary nitrogens is 1. The van der Waals surface area contributed by atoms with Gasteiger partial charge in [0, 0.05) is 25.7 Å². The highest BCUT2D eigenvalue weighted by atomic mass is 15.4. The molecule has 0 N–H and O–H groups in total. The van der Waals surface area contributed by atoms with Crippen molar-refractivity contribution >= 4 is 0 Å². The summed E-state index contributed by atoms with van der Waals surface area (Å²) in [7, 11) is 0. The molecule has 0 aromatic heterocycles. The standard InChI is InChI=1S/C11H21N2/c1-2-8-13(9-4-3-7-12)10-5-6-11-13/h2-6,8-11H2,1H3/q+1. The van der Waals surface area contributed by atoms with Crippen LogP contribution in [0.2, 0.25) is 0 Å². The van der Waals surface area contributed by atoms with Crippen LogP contribution in [0.25, 0.3) is 0 Å². The van der Waals surface area contributed by atoms with Crippen molar-refractivity contribution < 1.29 is 4.48 Å². The number of unbranched alkanes of at least 4 members (excludes halogenated alkanes) is 1. The summed E-state index contributed by atoms with van der Waals surface area (Å²) in [6, 6.07) is 2.24. The molecule has 13 heavy (non-hydrogen) atoms. The van der Waals surface area contributed by atoms with Crippen LogP contribution in [0.3, 0.4) is 0 Å². The van der Waals surface area contributed by atoms with Crippen molar-refractivity contribution in [2.45, 2.75) is 39.0 Å². The van der Waals surface area contributed by atoms with Gasteiger partial charge in [-0.3, -0.25) is 0 Å². The minimum absolute atomic E-state index is 0.740. The van der Waals surface area contributed by atoms with Crippen LogP contribution in [0.5, 0.6) is 0 Å². The lowest BCUT2D eigenvalue weighted by molar-refractivity contribution is -0.917. The van der Waals surface area contributed by atoms with E-state index in [9.17, 15) is 0 Å². The summed E-state index contributed by atoms with van der Waals surface area (Å²) in [5.41, 5.74) is 0. The van der Waals surface area contributed by atoms with Gasteiger partial charge in [0.05, 0.1) is 32.2 Å². The molecule has 1 aliphatic heterocycles. The fourth-order valence-electron chi connectivity index (χ4n) is 2.53. The Balaban J connectivity index is 2.33. The Morgan fingerprint density at radius 3 is 2.46 bits per heavy atom. The first kappa shape index (κ1) is 10.5. The van der Waals surface area contributed by atoms with E-state index in [2.05, 4.69) is 13.0 Å². The molecular formula is C11H21N2+. The van der Waals surface area contributed by atoms with E-state index in [-0.39, 0.29) is 0 Å². The van der Waals surface area contributed by atoms with Crippen LogP contribution in [-0.4, -0.2) is 30.7 Å². The maximum Gasteiger partial charge on any atom is 0.0796 e. The molecule has 0 amide bonds. The summed E-state index contributed by atoms with van der Waals surface area (Å²) < 4.78 is 1.30. The molecule has 2 nitrogen and oxygen atoms in total. The smallest absolute Gasteiger partial charge is 0.0796 e. The first-order valence-corrected chi connectivity index (χ1v) is 5.55. The van der Waals surface area contributed by atoms with Gasteiger partial charge in [-0.25, -0.2) is 0 Å². The summed E-state index contributed by atoms with van der Waals surface area (Å²) in [6.45, 7) is 7.55. The van der Waals surface area contributed by atoms with Crippen molar-refractivity contribution in [3.8, 4) is 6.07 Å². The lowest BCUT2D eigenvalue weighted by atomic mass is 10.2. The number of likely N-dealkylation sites (tertiary alicyclic amines) is 1. The highest BCUT2D eigenvalue weighted by Gasteiger charge is 2.29. The van der Waals surface area contributed by atoms with Crippen molar-refractivity contribution in [3.05, 3.63) is 0 Å². The Morgan fingerprint density at radius 2 is 1.92 bits per heavy atom. The second kappa shape index (κ2) is 5.24. The van der Waals surface area contributed by atoms with Crippen LogP contribution in [-0.2, 0) is 0 Å². The van der Waals surface area contributed by atoms with E-state index in [0.717, 1.165) is 12.8 Å². The molecule has 0 saturated carbocycles. The third-order valence-corrected chi connectivity index (χ3v) is 3.13. The molecule has 1 saturated heterocycles. The fraction of sp³-hybridized carbons (Fsp3) is 0.909. The van der Waals surface area contributed by atoms with E-state index < -0.39 is 0 Å². The average molecular weight is 181 g/mol. The molecular weight excluding hydrogens is 160 g/mol. The molecule has 0 aliphatic carbocycles. The van der Waals surface area contributed by atoms with E-state index >= 15 is 0 Å². The summed E-state index contributed by atoms with van der Waals surface area (Å²) >= 11 is 0. The monoisotopic (exact) mass is 181 g/mol. The molecule has 0 unspecified atom stereocenters. The Labute approximate surface area is 81.7 Å². The molecule has 2 heteroatoms. The van der Waals surface area contributed by atoms with Gasteiger partial charge in [0.15, 0.2) is 0 Å². The van der Waals surface area contributed by atoms with Crippen molar-refractivity contribution in [2.24, 2.45) is 0 Å². The van der Waals surface area contributed by atoms with Crippen LogP contribution in [0.4, 0.5) is 0 Å². The lowest BCUT2D eigenvalue weighted by Crippen LogP contribution is -2.46. The minimum Gasteiger partial charge on any atom is -0.324 e. The van der Waals surface area contributed by atoms with Gasteiger partial charge in [-0.15, -0.1) is 0 Å². The normalized spacial score (nSPS) is 20.0. The third-order valence-electron chi connectivity index (χ3n) is 3.13. The number of nitrogens with zero attached hydrogens (tertiary/aromatic N) is 2.